The largest absolute Gasteiger partial charge is 0.399 e. The van der Waals surface area contributed by atoms with E-state index in [4.69, 9.17) is 5.73 Å². The Morgan fingerprint density at radius 2 is 1.86 bits per heavy atom. The van der Waals surface area contributed by atoms with Crippen molar-refractivity contribution in [1.29, 1.82) is 0 Å². The van der Waals surface area contributed by atoms with Gasteiger partial charge in [-0.05, 0) is 24.3 Å². The fourth-order valence-electron chi connectivity index (χ4n) is 1.30. The van der Waals surface area contributed by atoms with Crippen LogP contribution in [0.3, 0.4) is 0 Å². The number of carbonyl (C=O) groups is 2. The third-order valence-corrected chi connectivity index (χ3v) is 2.00. The van der Waals surface area contributed by atoms with Crippen molar-refractivity contribution < 1.29 is 9.59 Å². The maximum absolute atomic E-state index is 11.2. The highest BCUT2D eigenvalue weighted by Gasteiger charge is 2.27. The van der Waals surface area contributed by atoms with Crippen LogP contribution in [0.5, 0.6) is 0 Å². The lowest BCUT2D eigenvalue weighted by atomic mass is 10.2. The number of benzene rings is 1. The van der Waals surface area contributed by atoms with Gasteiger partial charge in [0.1, 0.15) is 6.54 Å². The third-order valence-electron chi connectivity index (χ3n) is 2.00. The minimum Gasteiger partial charge on any atom is -0.399 e. The minimum atomic E-state index is -0.389. The van der Waals surface area contributed by atoms with Gasteiger partial charge in [0.2, 0.25) is 5.91 Å². The molecule has 14 heavy (non-hydrogen) atoms. The molecule has 1 aliphatic heterocycles. The molecule has 1 heterocycles. The standard InChI is InChI=1S/C9H9N3O2/c10-6-1-3-7(4-2-6)12-5-8(13)11-9(12)14/h1-4H,5,10H2,(H,11,13,14). The summed E-state index contributed by atoms with van der Waals surface area (Å²) in [5.74, 6) is -0.285. The summed E-state index contributed by atoms with van der Waals surface area (Å²) in [6.07, 6.45) is 0. The Morgan fingerprint density at radius 3 is 2.36 bits per heavy atom. The highest BCUT2D eigenvalue weighted by Crippen LogP contribution is 2.17. The van der Waals surface area contributed by atoms with Gasteiger partial charge in [-0.3, -0.25) is 15.0 Å². The molecule has 5 heteroatoms. The topological polar surface area (TPSA) is 75.4 Å². The van der Waals surface area contributed by atoms with Gasteiger partial charge in [-0.1, -0.05) is 0 Å². The lowest BCUT2D eigenvalue weighted by molar-refractivity contribution is -0.117. The first-order chi connectivity index (χ1) is 6.66. The number of carbonyl (C=O) groups excluding carboxylic acids is 2. The Hall–Kier alpha value is -2.04. The highest BCUT2D eigenvalue weighted by molar-refractivity contribution is 6.12. The second-order valence-corrected chi connectivity index (χ2v) is 3.03. The minimum absolute atomic E-state index is 0.0722. The first-order valence-electron chi connectivity index (χ1n) is 4.14. The molecule has 5 nitrogen and oxygen atoms in total. The van der Waals surface area contributed by atoms with Crippen LogP contribution < -0.4 is 16.0 Å². The molecule has 1 fully saturated rings. The molecule has 3 N–H and O–H groups in total. The van der Waals surface area contributed by atoms with Crippen molar-refractivity contribution in [3.8, 4) is 0 Å². The molecule has 0 saturated carbocycles. The van der Waals surface area contributed by atoms with Crippen LogP contribution in [0.15, 0.2) is 24.3 Å². The zero-order valence-electron chi connectivity index (χ0n) is 7.36. The van der Waals surface area contributed by atoms with E-state index in [1.807, 2.05) is 0 Å². The average molecular weight is 191 g/mol. The number of nitrogen functional groups attached to an aromatic ring is 1. The molecule has 0 aromatic heterocycles. The van der Waals surface area contributed by atoms with E-state index in [-0.39, 0.29) is 18.5 Å². The zero-order valence-corrected chi connectivity index (χ0v) is 7.36. The van der Waals surface area contributed by atoms with E-state index in [0.717, 1.165) is 0 Å². The van der Waals surface area contributed by atoms with Crippen LogP contribution in [0.1, 0.15) is 0 Å². The van der Waals surface area contributed by atoms with E-state index in [0.29, 0.717) is 11.4 Å². The third kappa shape index (κ3) is 1.39. The van der Waals surface area contributed by atoms with Crippen molar-refractivity contribution in [3.63, 3.8) is 0 Å². The van der Waals surface area contributed by atoms with Gasteiger partial charge in [0, 0.05) is 11.4 Å². The Balaban J connectivity index is 2.27. The summed E-state index contributed by atoms with van der Waals surface area (Å²) in [4.78, 5) is 23.5. The normalized spacial score (nSPS) is 15.9. The first-order valence-corrected chi connectivity index (χ1v) is 4.14. The molecule has 1 aromatic rings. The van der Waals surface area contributed by atoms with E-state index < -0.39 is 0 Å². The summed E-state index contributed by atoms with van der Waals surface area (Å²) in [7, 11) is 0. The van der Waals surface area contributed by atoms with Gasteiger partial charge in [-0.2, -0.15) is 0 Å². The van der Waals surface area contributed by atoms with Gasteiger partial charge in [0.05, 0.1) is 0 Å². The van der Waals surface area contributed by atoms with Crippen molar-refractivity contribution in [2.45, 2.75) is 0 Å². The zero-order chi connectivity index (χ0) is 10.1. The smallest absolute Gasteiger partial charge is 0.329 e. The van der Waals surface area contributed by atoms with E-state index in [1.165, 1.54) is 4.90 Å². The first kappa shape index (κ1) is 8.55. The van der Waals surface area contributed by atoms with E-state index >= 15 is 0 Å². The van der Waals surface area contributed by atoms with Crippen molar-refractivity contribution in [2.24, 2.45) is 0 Å². The Labute approximate surface area is 80.5 Å². The van der Waals surface area contributed by atoms with Gasteiger partial charge in [-0.25, -0.2) is 4.79 Å². The van der Waals surface area contributed by atoms with E-state index in [2.05, 4.69) is 5.32 Å². The molecule has 0 spiro atoms. The number of amides is 3. The number of hydrogen-bond donors (Lipinski definition) is 2. The van der Waals surface area contributed by atoms with Crippen molar-refractivity contribution in [2.75, 3.05) is 17.2 Å². The van der Waals surface area contributed by atoms with Crippen LogP contribution in [0.2, 0.25) is 0 Å². The van der Waals surface area contributed by atoms with Gasteiger partial charge in [-0.15, -0.1) is 0 Å². The molecule has 0 aliphatic carbocycles. The Kier molecular flexibility index (Phi) is 1.85. The van der Waals surface area contributed by atoms with Crippen molar-refractivity contribution in [1.82, 2.24) is 5.32 Å². The van der Waals surface area contributed by atoms with Crippen LogP contribution in [0, 0.1) is 0 Å². The van der Waals surface area contributed by atoms with Crippen molar-refractivity contribution in [3.05, 3.63) is 24.3 Å². The maximum Gasteiger partial charge on any atom is 0.329 e. The number of imide groups is 1. The number of nitrogens with one attached hydrogen (secondary N) is 1. The summed E-state index contributed by atoms with van der Waals surface area (Å²) in [6.45, 7) is 0.0722. The second kappa shape index (κ2) is 3.02. The molecular weight excluding hydrogens is 182 g/mol. The van der Waals surface area contributed by atoms with Gasteiger partial charge < -0.3 is 5.73 Å². The number of hydrogen-bond acceptors (Lipinski definition) is 3. The maximum atomic E-state index is 11.2. The summed E-state index contributed by atoms with van der Waals surface area (Å²) >= 11 is 0. The fourth-order valence-corrected chi connectivity index (χ4v) is 1.30. The summed E-state index contributed by atoms with van der Waals surface area (Å²) in [6, 6.07) is 6.39. The summed E-state index contributed by atoms with van der Waals surface area (Å²) in [5, 5.41) is 2.20. The quantitative estimate of drug-likeness (QED) is 0.496. The van der Waals surface area contributed by atoms with Crippen LogP contribution in [0.4, 0.5) is 16.2 Å². The molecule has 0 atom stereocenters. The molecule has 1 aromatic carbocycles. The monoisotopic (exact) mass is 191 g/mol. The Bertz CT molecular complexity index is 386. The number of nitrogens with zero attached hydrogens (tertiary/aromatic N) is 1. The molecule has 72 valence electrons. The molecule has 1 aliphatic rings. The molecule has 0 radical (unpaired) electrons. The Morgan fingerprint density at radius 1 is 1.21 bits per heavy atom. The van der Waals surface area contributed by atoms with Crippen LogP contribution in [0.25, 0.3) is 0 Å². The van der Waals surface area contributed by atoms with E-state index in [9.17, 15) is 9.59 Å². The van der Waals surface area contributed by atoms with Crippen LogP contribution >= 0.6 is 0 Å². The lowest BCUT2D eigenvalue weighted by Crippen LogP contribution is -2.27. The molecule has 3 amide bonds. The molecule has 0 unspecified atom stereocenters. The van der Waals surface area contributed by atoms with Gasteiger partial charge in [0.15, 0.2) is 0 Å². The van der Waals surface area contributed by atoms with Crippen LogP contribution in [-0.4, -0.2) is 18.5 Å². The van der Waals surface area contributed by atoms with E-state index in [1.54, 1.807) is 24.3 Å². The van der Waals surface area contributed by atoms with Crippen molar-refractivity contribution >= 4 is 23.3 Å². The second-order valence-electron chi connectivity index (χ2n) is 3.03. The fraction of sp³-hybridized carbons (Fsp3) is 0.111. The summed E-state index contributed by atoms with van der Waals surface area (Å²) < 4.78 is 0. The highest BCUT2D eigenvalue weighted by atomic mass is 16.2. The number of anilines is 2. The molecule has 0 bridgehead atoms. The molecular formula is C9H9N3O2. The number of rotatable bonds is 1. The SMILES string of the molecule is Nc1ccc(N2CC(=O)NC2=O)cc1. The number of nitrogens with two attached hydrogens (primary N) is 1. The van der Waals surface area contributed by atoms with Crippen LogP contribution in [-0.2, 0) is 4.79 Å². The van der Waals surface area contributed by atoms with Gasteiger partial charge in [0.25, 0.3) is 0 Å². The predicted octanol–water partition coefficient (Wildman–Crippen LogP) is 0.325. The molecule has 2 rings (SSSR count). The van der Waals surface area contributed by atoms with Gasteiger partial charge >= 0.3 is 6.03 Å². The summed E-state index contributed by atoms with van der Waals surface area (Å²) in [5.41, 5.74) is 6.80. The average Bonchev–Trinajstić information content (AvgIpc) is 2.47. The predicted molar refractivity (Wildman–Crippen MR) is 51.7 cm³/mol. The lowest BCUT2D eigenvalue weighted by Gasteiger charge is -2.12. The molecule has 1 saturated heterocycles. The number of urea groups is 1.